The van der Waals surface area contributed by atoms with Gasteiger partial charge in [0.25, 0.3) is 0 Å². The minimum absolute atomic E-state index is 0.0583. The third kappa shape index (κ3) is 7.52. The Morgan fingerprint density at radius 2 is 1.76 bits per heavy atom. The third-order valence-corrected chi connectivity index (χ3v) is 6.43. The minimum Gasteiger partial charge on any atom is -0.481 e. The van der Waals surface area contributed by atoms with Gasteiger partial charge in [0.05, 0.1) is 12.1 Å². The number of fused-ring (bicyclic) bond motifs is 1. The van der Waals surface area contributed by atoms with Gasteiger partial charge in [0.1, 0.15) is 18.1 Å². The van der Waals surface area contributed by atoms with Crippen molar-refractivity contribution in [1.29, 1.82) is 0 Å². The van der Waals surface area contributed by atoms with Gasteiger partial charge >= 0.3 is 11.9 Å². The summed E-state index contributed by atoms with van der Waals surface area (Å²) in [6.45, 7) is 1.88. The van der Waals surface area contributed by atoms with Gasteiger partial charge in [-0.05, 0) is 44.4 Å². The lowest BCUT2D eigenvalue weighted by molar-refractivity contribution is -0.143. The lowest BCUT2D eigenvalue weighted by Gasteiger charge is -2.26. The monoisotopic (exact) mass is 531 g/mol. The first-order valence-corrected chi connectivity index (χ1v) is 12.4. The molecule has 3 amide bonds. The lowest BCUT2D eigenvalue weighted by Crippen LogP contribution is -2.60. The predicted octanol–water partition coefficient (Wildman–Crippen LogP) is -0.753. The van der Waals surface area contributed by atoms with Crippen molar-refractivity contribution in [1.82, 2.24) is 26.3 Å². The number of carboxylic acid groups (broad SMARTS) is 2. The van der Waals surface area contributed by atoms with Crippen LogP contribution in [-0.4, -0.2) is 86.8 Å². The van der Waals surface area contributed by atoms with Gasteiger partial charge in [-0.15, -0.1) is 0 Å². The largest absolute Gasteiger partial charge is 0.481 e. The summed E-state index contributed by atoms with van der Waals surface area (Å²) < 4.78 is 0. The molecule has 206 valence electrons. The number of H-pyrrole nitrogens is 1. The van der Waals surface area contributed by atoms with Crippen LogP contribution in [0.3, 0.4) is 0 Å². The molecule has 1 aliphatic heterocycles. The molecule has 1 aromatic carbocycles. The molecule has 1 aliphatic rings. The fourth-order valence-corrected chi connectivity index (χ4v) is 4.36. The number of aliphatic hydroxyl groups excluding tert-OH is 1. The molecule has 0 radical (unpaired) electrons. The van der Waals surface area contributed by atoms with Crippen LogP contribution in [0.25, 0.3) is 10.9 Å². The highest BCUT2D eigenvalue weighted by Crippen LogP contribution is 2.19. The van der Waals surface area contributed by atoms with E-state index in [-0.39, 0.29) is 12.8 Å². The van der Waals surface area contributed by atoms with Crippen molar-refractivity contribution in [2.45, 2.75) is 69.3 Å². The van der Waals surface area contributed by atoms with Crippen molar-refractivity contribution >= 4 is 40.6 Å². The summed E-state index contributed by atoms with van der Waals surface area (Å²) >= 11 is 0. The zero-order valence-electron chi connectivity index (χ0n) is 20.9. The predicted molar refractivity (Wildman–Crippen MR) is 135 cm³/mol. The van der Waals surface area contributed by atoms with E-state index in [9.17, 15) is 34.2 Å². The number of hydrogen-bond donors (Lipinski definition) is 8. The van der Waals surface area contributed by atoms with E-state index < -0.39 is 66.4 Å². The smallest absolute Gasteiger partial charge is 0.326 e. The number of carboxylic acids is 2. The molecule has 2 aromatic rings. The molecule has 0 bridgehead atoms. The van der Waals surface area contributed by atoms with Gasteiger partial charge < -0.3 is 41.6 Å². The molecular formula is C25H33N5O8. The van der Waals surface area contributed by atoms with Crippen LogP contribution < -0.4 is 21.3 Å². The summed E-state index contributed by atoms with van der Waals surface area (Å²) in [7, 11) is 0. The second-order valence-electron chi connectivity index (χ2n) is 9.33. The van der Waals surface area contributed by atoms with Gasteiger partial charge in [-0.2, -0.15) is 0 Å². The van der Waals surface area contributed by atoms with E-state index >= 15 is 0 Å². The Labute approximate surface area is 218 Å². The summed E-state index contributed by atoms with van der Waals surface area (Å²) in [5.41, 5.74) is 1.46. The number of benzene rings is 1. The first-order chi connectivity index (χ1) is 18.1. The van der Waals surface area contributed by atoms with Crippen LogP contribution in [-0.2, 0) is 30.4 Å². The first kappa shape index (κ1) is 28.6. The molecule has 5 atom stereocenters. The second-order valence-corrected chi connectivity index (χ2v) is 9.33. The Bertz CT molecular complexity index is 1170. The van der Waals surface area contributed by atoms with Crippen molar-refractivity contribution in [2.24, 2.45) is 0 Å². The van der Waals surface area contributed by atoms with E-state index in [1.807, 2.05) is 18.2 Å². The Balaban J connectivity index is 1.70. The molecule has 8 N–H and O–H groups in total. The number of aliphatic carboxylic acids is 2. The minimum atomic E-state index is -1.55. The number of aromatic nitrogens is 1. The molecule has 0 spiro atoms. The maximum Gasteiger partial charge on any atom is 0.326 e. The number of nitrogens with one attached hydrogen (secondary N) is 5. The van der Waals surface area contributed by atoms with Crippen LogP contribution in [0.1, 0.15) is 38.2 Å². The molecule has 2 heterocycles. The quantitative estimate of drug-likeness (QED) is 0.163. The Morgan fingerprint density at radius 1 is 1.03 bits per heavy atom. The fraction of sp³-hybridized carbons (Fsp3) is 0.480. The normalized spacial score (nSPS) is 18.2. The number of carbonyl (C=O) groups is 5. The van der Waals surface area contributed by atoms with E-state index in [0.29, 0.717) is 18.5 Å². The Kier molecular flexibility index (Phi) is 9.79. The molecule has 0 saturated carbocycles. The molecule has 0 aliphatic carbocycles. The maximum absolute atomic E-state index is 13.0. The number of para-hydroxylation sites is 1. The molecule has 38 heavy (non-hydrogen) atoms. The lowest BCUT2D eigenvalue weighted by atomic mass is 10.0. The van der Waals surface area contributed by atoms with E-state index in [4.69, 9.17) is 5.11 Å². The number of amides is 3. The van der Waals surface area contributed by atoms with Gasteiger partial charge in [0.15, 0.2) is 0 Å². The number of carbonyl (C=O) groups excluding carboxylic acids is 3. The molecule has 5 unspecified atom stereocenters. The number of aromatic amines is 1. The summed E-state index contributed by atoms with van der Waals surface area (Å²) in [5.74, 6) is -4.78. The highest BCUT2D eigenvalue weighted by atomic mass is 16.4. The van der Waals surface area contributed by atoms with Crippen LogP contribution in [0.2, 0.25) is 0 Å². The zero-order chi connectivity index (χ0) is 27.8. The van der Waals surface area contributed by atoms with Gasteiger partial charge in [-0.1, -0.05) is 18.2 Å². The third-order valence-electron chi connectivity index (χ3n) is 6.43. The van der Waals surface area contributed by atoms with Crippen molar-refractivity contribution in [3.63, 3.8) is 0 Å². The van der Waals surface area contributed by atoms with Crippen molar-refractivity contribution in [3.8, 4) is 0 Å². The van der Waals surface area contributed by atoms with Crippen molar-refractivity contribution in [2.75, 3.05) is 6.54 Å². The van der Waals surface area contributed by atoms with E-state index in [1.54, 1.807) is 12.3 Å². The molecule has 1 fully saturated rings. The number of hydrogen-bond acceptors (Lipinski definition) is 7. The highest BCUT2D eigenvalue weighted by Gasteiger charge is 2.34. The number of aliphatic hydroxyl groups is 1. The topological polar surface area (TPSA) is 210 Å². The number of rotatable bonds is 13. The highest BCUT2D eigenvalue weighted by molar-refractivity contribution is 5.95. The summed E-state index contributed by atoms with van der Waals surface area (Å²) in [6.07, 6.45) is 0.837. The second kappa shape index (κ2) is 13.0. The summed E-state index contributed by atoms with van der Waals surface area (Å²) in [5, 5.41) is 40.0. The van der Waals surface area contributed by atoms with E-state index in [0.717, 1.165) is 17.3 Å². The van der Waals surface area contributed by atoms with Crippen LogP contribution in [0, 0.1) is 0 Å². The Hall–Kier alpha value is -3.97. The van der Waals surface area contributed by atoms with Gasteiger partial charge in [-0.3, -0.25) is 19.2 Å². The molecular weight excluding hydrogens is 498 g/mol. The van der Waals surface area contributed by atoms with Gasteiger partial charge in [0.2, 0.25) is 17.7 Å². The summed E-state index contributed by atoms with van der Waals surface area (Å²) in [6, 6.07) is 2.54. The van der Waals surface area contributed by atoms with E-state index in [1.165, 1.54) is 6.92 Å². The zero-order valence-corrected chi connectivity index (χ0v) is 20.9. The molecule has 13 nitrogen and oxygen atoms in total. The molecule has 1 saturated heterocycles. The standard InChI is InChI=1S/C25H33N5O8/c1-13(31)21(30-23(35)18(8-9-20(32)33)28-22(34)17-7-4-10-26-17)24(36)29-19(25(37)38)11-14-12-27-16-6-3-2-5-15(14)16/h2-3,5-6,12-13,17-19,21,26-27,31H,4,7-11H2,1H3,(H,28,34)(H,29,36)(H,30,35)(H,32,33)(H,37,38). The van der Waals surface area contributed by atoms with Crippen molar-refractivity contribution < 1.29 is 39.3 Å². The molecule has 1 aromatic heterocycles. The fourth-order valence-electron chi connectivity index (χ4n) is 4.36. The summed E-state index contributed by atoms with van der Waals surface area (Å²) in [4.78, 5) is 64.6. The average molecular weight is 532 g/mol. The maximum atomic E-state index is 13.0. The Morgan fingerprint density at radius 3 is 2.39 bits per heavy atom. The molecule has 13 heteroatoms. The first-order valence-electron chi connectivity index (χ1n) is 12.4. The van der Waals surface area contributed by atoms with Crippen LogP contribution >= 0.6 is 0 Å². The van der Waals surface area contributed by atoms with Crippen LogP contribution in [0.15, 0.2) is 30.5 Å². The van der Waals surface area contributed by atoms with Gasteiger partial charge in [0, 0.05) is 29.9 Å². The van der Waals surface area contributed by atoms with E-state index in [2.05, 4.69) is 26.3 Å². The SMILES string of the molecule is CC(O)C(NC(=O)C(CCC(=O)O)NC(=O)C1CCCN1)C(=O)NC(Cc1c[nH]c2ccccc12)C(=O)O. The van der Waals surface area contributed by atoms with Crippen LogP contribution in [0.4, 0.5) is 0 Å². The average Bonchev–Trinajstić information content (AvgIpc) is 3.54. The van der Waals surface area contributed by atoms with Crippen molar-refractivity contribution in [3.05, 3.63) is 36.0 Å². The van der Waals surface area contributed by atoms with Gasteiger partial charge in [-0.25, -0.2) is 4.79 Å². The molecule has 3 rings (SSSR count). The van der Waals surface area contributed by atoms with Crippen LogP contribution in [0.5, 0.6) is 0 Å².